The van der Waals surface area contributed by atoms with Gasteiger partial charge in [-0.15, -0.1) is 0 Å². The van der Waals surface area contributed by atoms with Crippen LogP contribution in [0.5, 0.6) is 0 Å². The van der Waals surface area contributed by atoms with Gasteiger partial charge in [0.15, 0.2) is 11.5 Å². The standard InChI is InChI=1S/C7H6N4O2/c8-5-4(7(12)13)10-3-1-2-9-6(3)11-5/h1-2H,(H,12,13)(H3,8,9,11)/p-1. The van der Waals surface area contributed by atoms with Crippen molar-refractivity contribution >= 4 is 23.0 Å². The van der Waals surface area contributed by atoms with Crippen LogP contribution in [0.3, 0.4) is 0 Å². The summed E-state index contributed by atoms with van der Waals surface area (Å²) in [4.78, 5) is 20.8. The maximum atomic E-state index is 10.5. The number of nitrogen functional groups attached to an aromatic ring is 1. The number of rotatable bonds is 1. The van der Waals surface area contributed by atoms with Crippen LogP contribution in [-0.4, -0.2) is 20.9 Å². The van der Waals surface area contributed by atoms with Gasteiger partial charge in [-0.2, -0.15) is 0 Å². The number of nitrogens with zero attached hydrogens (tertiary/aromatic N) is 2. The fourth-order valence-corrected chi connectivity index (χ4v) is 1.03. The molecule has 0 aliphatic carbocycles. The predicted molar refractivity (Wildman–Crippen MR) is 42.6 cm³/mol. The molecule has 0 aromatic carbocycles. The monoisotopic (exact) mass is 177 g/mol. The summed E-state index contributed by atoms with van der Waals surface area (Å²) in [6.07, 6.45) is 1.60. The summed E-state index contributed by atoms with van der Waals surface area (Å²) in [5, 5.41) is 10.5. The molecule has 0 aliphatic heterocycles. The van der Waals surface area contributed by atoms with Crippen LogP contribution in [0.1, 0.15) is 10.5 Å². The van der Waals surface area contributed by atoms with Crippen LogP contribution in [0.15, 0.2) is 12.3 Å². The van der Waals surface area contributed by atoms with Crippen molar-refractivity contribution in [2.24, 2.45) is 0 Å². The highest BCUT2D eigenvalue weighted by atomic mass is 16.4. The van der Waals surface area contributed by atoms with E-state index in [1.54, 1.807) is 12.3 Å². The number of carboxylic acid groups (broad SMARTS) is 1. The minimum Gasteiger partial charge on any atom is -0.543 e. The molecule has 0 saturated carbocycles. The van der Waals surface area contributed by atoms with Gasteiger partial charge >= 0.3 is 0 Å². The van der Waals surface area contributed by atoms with Gasteiger partial charge in [0.2, 0.25) is 0 Å². The molecule has 6 heteroatoms. The maximum absolute atomic E-state index is 10.5. The Balaban J connectivity index is 2.76. The Morgan fingerprint density at radius 2 is 2.31 bits per heavy atom. The highest BCUT2D eigenvalue weighted by molar-refractivity contribution is 5.91. The van der Waals surface area contributed by atoms with Crippen molar-refractivity contribution in [3.63, 3.8) is 0 Å². The molecule has 0 amide bonds. The second-order valence-electron chi connectivity index (χ2n) is 2.46. The molecule has 6 nitrogen and oxygen atoms in total. The van der Waals surface area contributed by atoms with E-state index >= 15 is 0 Å². The zero-order valence-corrected chi connectivity index (χ0v) is 6.44. The normalized spacial score (nSPS) is 10.5. The molecule has 0 aliphatic rings. The first-order chi connectivity index (χ1) is 6.18. The van der Waals surface area contributed by atoms with E-state index in [4.69, 9.17) is 5.73 Å². The Hall–Kier alpha value is -2.11. The number of carbonyl (C=O) groups excluding carboxylic acids is 1. The second kappa shape index (κ2) is 2.44. The molecule has 2 aromatic rings. The van der Waals surface area contributed by atoms with Crippen LogP contribution >= 0.6 is 0 Å². The van der Waals surface area contributed by atoms with Gasteiger partial charge in [0.25, 0.3) is 0 Å². The number of carboxylic acids is 1. The third-order valence-corrected chi connectivity index (χ3v) is 1.60. The van der Waals surface area contributed by atoms with Crippen molar-refractivity contribution in [2.75, 3.05) is 5.73 Å². The number of H-pyrrole nitrogens is 1. The molecule has 2 aromatic heterocycles. The highest BCUT2D eigenvalue weighted by Gasteiger charge is 2.06. The number of anilines is 1. The summed E-state index contributed by atoms with van der Waals surface area (Å²) >= 11 is 0. The average Bonchev–Trinajstić information content (AvgIpc) is 2.48. The molecule has 0 unspecified atom stereocenters. The van der Waals surface area contributed by atoms with Gasteiger partial charge in [-0.05, 0) is 6.07 Å². The number of fused-ring (bicyclic) bond motifs is 1. The van der Waals surface area contributed by atoms with E-state index in [0.29, 0.717) is 11.2 Å². The Kier molecular flexibility index (Phi) is 1.42. The third-order valence-electron chi connectivity index (χ3n) is 1.60. The molecule has 0 saturated heterocycles. The first-order valence-electron chi connectivity index (χ1n) is 3.50. The lowest BCUT2D eigenvalue weighted by molar-refractivity contribution is -0.255. The summed E-state index contributed by atoms with van der Waals surface area (Å²) in [6, 6.07) is 1.61. The molecule has 13 heavy (non-hydrogen) atoms. The number of aromatic amines is 1. The van der Waals surface area contributed by atoms with Crippen LogP contribution in [0.25, 0.3) is 11.2 Å². The van der Waals surface area contributed by atoms with Gasteiger partial charge < -0.3 is 20.6 Å². The summed E-state index contributed by atoms with van der Waals surface area (Å²) in [5.41, 5.74) is 5.92. The van der Waals surface area contributed by atoms with E-state index in [-0.39, 0.29) is 11.5 Å². The van der Waals surface area contributed by atoms with Gasteiger partial charge in [0.05, 0.1) is 5.97 Å². The van der Waals surface area contributed by atoms with Crippen LogP contribution in [0.4, 0.5) is 5.82 Å². The van der Waals surface area contributed by atoms with Crippen molar-refractivity contribution in [1.82, 2.24) is 15.0 Å². The minimum atomic E-state index is -1.42. The second-order valence-corrected chi connectivity index (χ2v) is 2.46. The Morgan fingerprint density at radius 3 is 3.00 bits per heavy atom. The number of hydrogen-bond donors (Lipinski definition) is 2. The smallest absolute Gasteiger partial charge is 0.158 e. The van der Waals surface area contributed by atoms with Crippen LogP contribution in [0.2, 0.25) is 0 Å². The average molecular weight is 177 g/mol. The molecule has 0 radical (unpaired) electrons. The van der Waals surface area contributed by atoms with Crippen molar-refractivity contribution in [2.45, 2.75) is 0 Å². The number of carbonyl (C=O) groups is 1. The number of hydrogen-bond acceptors (Lipinski definition) is 5. The lowest BCUT2D eigenvalue weighted by Gasteiger charge is -2.03. The first kappa shape index (κ1) is 7.53. The minimum absolute atomic E-state index is 0.144. The van der Waals surface area contributed by atoms with Gasteiger partial charge in [-0.3, -0.25) is 0 Å². The van der Waals surface area contributed by atoms with E-state index in [9.17, 15) is 9.90 Å². The Bertz CT molecular complexity index is 476. The number of aromatic carboxylic acids is 1. The van der Waals surface area contributed by atoms with Gasteiger partial charge in [0.1, 0.15) is 11.2 Å². The molecule has 3 N–H and O–H groups in total. The van der Waals surface area contributed by atoms with E-state index in [0.717, 1.165) is 0 Å². The summed E-state index contributed by atoms with van der Waals surface area (Å²) < 4.78 is 0. The zero-order valence-electron chi connectivity index (χ0n) is 6.44. The Labute approximate surface area is 72.4 Å². The summed E-state index contributed by atoms with van der Waals surface area (Å²) in [7, 11) is 0. The van der Waals surface area contributed by atoms with Crippen molar-refractivity contribution in [3.8, 4) is 0 Å². The molecule has 0 spiro atoms. The third kappa shape index (κ3) is 1.08. The van der Waals surface area contributed by atoms with Crippen LogP contribution in [-0.2, 0) is 0 Å². The summed E-state index contributed by atoms with van der Waals surface area (Å²) in [5.74, 6) is -1.57. The van der Waals surface area contributed by atoms with Crippen molar-refractivity contribution in [1.29, 1.82) is 0 Å². The number of aromatic nitrogens is 3. The van der Waals surface area contributed by atoms with Crippen molar-refractivity contribution < 1.29 is 9.90 Å². The molecule has 66 valence electrons. The predicted octanol–water partition coefficient (Wildman–Crippen LogP) is -1.10. The van der Waals surface area contributed by atoms with E-state index in [1.807, 2.05) is 0 Å². The molecule has 2 rings (SSSR count). The SMILES string of the molecule is Nc1nc2[nH]ccc2nc1C(=O)[O-]. The fourth-order valence-electron chi connectivity index (χ4n) is 1.03. The lowest BCUT2D eigenvalue weighted by Crippen LogP contribution is -2.25. The van der Waals surface area contributed by atoms with E-state index in [2.05, 4.69) is 15.0 Å². The topological polar surface area (TPSA) is 108 Å². The maximum Gasteiger partial charge on any atom is 0.158 e. The van der Waals surface area contributed by atoms with Gasteiger partial charge in [-0.25, -0.2) is 9.97 Å². The number of nitrogens with two attached hydrogens (primary N) is 1. The van der Waals surface area contributed by atoms with E-state index < -0.39 is 5.97 Å². The van der Waals surface area contributed by atoms with Crippen molar-refractivity contribution in [3.05, 3.63) is 18.0 Å². The molecule has 2 heterocycles. The summed E-state index contributed by atoms with van der Waals surface area (Å²) in [6.45, 7) is 0. The van der Waals surface area contributed by atoms with Crippen LogP contribution < -0.4 is 10.8 Å². The van der Waals surface area contributed by atoms with Gasteiger partial charge in [-0.1, -0.05) is 0 Å². The highest BCUT2D eigenvalue weighted by Crippen LogP contribution is 2.11. The molecular formula is C7H5N4O2-. The zero-order chi connectivity index (χ0) is 9.42. The number of nitrogens with one attached hydrogen (secondary N) is 1. The Morgan fingerprint density at radius 1 is 1.54 bits per heavy atom. The molecular weight excluding hydrogens is 172 g/mol. The van der Waals surface area contributed by atoms with Gasteiger partial charge in [0, 0.05) is 6.20 Å². The van der Waals surface area contributed by atoms with E-state index in [1.165, 1.54) is 0 Å². The van der Waals surface area contributed by atoms with Crippen LogP contribution in [0, 0.1) is 0 Å². The molecule has 0 atom stereocenters. The largest absolute Gasteiger partial charge is 0.543 e. The quantitative estimate of drug-likeness (QED) is 0.575. The molecule has 0 fully saturated rings. The fraction of sp³-hybridized carbons (Fsp3) is 0. The molecule has 0 bridgehead atoms. The lowest BCUT2D eigenvalue weighted by atomic mass is 10.4. The first-order valence-corrected chi connectivity index (χ1v) is 3.50.